The minimum Gasteiger partial charge on any atom is -0.388 e. The van der Waals surface area contributed by atoms with Crippen LogP contribution in [0, 0.1) is 5.92 Å². The fourth-order valence-electron chi connectivity index (χ4n) is 3.55. The van der Waals surface area contributed by atoms with E-state index in [0.29, 0.717) is 12.5 Å². The van der Waals surface area contributed by atoms with Crippen LogP contribution in [0.4, 0.5) is 0 Å². The molecule has 4 heteroatoms. The lowest BCUT2D eigenvalue weighted by atomic mass is 10.1. The molecule has 1 atom stereocenters. The van der Waals surface area contributed by atoms with Gasteiger partial charge in [0.05, 0.1) is 12.7 Å². The van der Waals surface area contributed by atoms with Crippen molar-refractivity contribution in [1.29, 1.82) is 0 Å². The zero-order valence-electron chi connectivity index (χ0n) is 16.6. The molecule has 1 aliphatic rings. The van der Waals surface area contributed by atoms with E-state index < -0.39 is 8.56 Å². The Morgan fingerprint density at radius 2 is 1.59 bits per heavy atom. The average molecular weight is 385 g/mol. The first-order chi connectivity index (χ1) is 13.2. The van der Waals surface area contributed by atoms with E-state index in [-0.39, 0.29) is 6.10 Å². The van der Waals surface area contributed by atoms with Crippen molar-refractivity contribution in [2.75, 3.05) is 19.8 Å². The van der Waals surface area contributed by atoms with E-state index in [1.54, 1.807) is 0 Å². The van der Waals surface area contributed by atoms with E-state index in [1.165, 1.54) is 16.8 Å². The fourth-order valence-corrected chi connectivity index (χ4v) is 6.75. The molecule has 1 fully saturated rings. The molecule has 0 bridgehead atoms. The third-order valence-electron chi connectivity index (χ3n) is 5.04. The number of rotatable bonds is 10. The van der Waals surface area contributed by atoms with Gasteiger partial charge in [0.2, 0.25) is 0 Å². The van der Waals surface area contributed by atoms with Crippen LogP contribution in [0.25, 0.3) is 0 Å². The maximum absolute atomic E-state index is 6.68. The van der Waals surface area contributed by atoms with Gasteiger partial charge in [-0.2, -0.15) is 0 Å². The molecule has 3 nitrogen and oxygen atoms in total. The summed E-state index contributed by atoms with van der Waals surface area (Å²) in [6.07, 6.45) is 4.59. The summed E-state index contributed by atoms with van der Waals surface area (Å²) in [5.41, 5.74) is 0. The summed E-state index contributed by atoms with van der Waals surface area (Å²) in [5.74, 6) is 0.686. The highest BCUT2D eigenvalue weighted by atomic mass is 28.4. The van der Waals surface area contributed by atoms with Crippen LogP contribution in [0.2, 0.25) is 0 Å². The highest BCUT2D eigenvalue weighted by molar-refractivity contribution is 6.92. The molecule has 1 saturated heterocycles. The number of benzene rings is 2. The summed E-state index contributed by atoms with van der Waals surface area (Å²) in [4.78, 5) is 0. The van der Waals surface area contributed by atoms with Crippen LogP contribution in [0.1, 0.15) is 39.5 Å². The molecule has 146 valence electrons. The smallest absolute Gasteiger partial charge is 0.388 e. The van der Waals surface area contributed by atoms with Crippen molar-refractivity contribution in [2.45, 2.75) is 45.6 Å². The summed E-state index contributed by atoms with van der Waals surface area (Å²) in [6, 6.07) is 21.0. The lowest BCUT2D eigenvalue weighted by Crippen LogP contribution is -2.64. The Morgan fingerprint density at radius 3 is 2.11 bits per heavy atom. The second kappa shape index (κ2) is 10.2. The standard InChI is InChI=1S/C23H32O3Si/c1-20(2)11-9-18-25-27(22-13-5-3-6-14-22,23-15-7-4-8-16-23)26-19-21-12-10-17-24-21/h3-8,13-16,20-21H,9-12,17-19H2,1-2H3. The highest BCUT2D eigenvalue weighted by Crippen LogP contribution is 2.17. The normalized spacial score (nSPS) is 17.5. The van der Waals surface area contributed by atoms with Gasteiger partial charge >= 0.3 is 8.56 Å². The van der Waals surface area contributed by atoms with E-state index >= 15 is 0 Å². The van der Waals surface area contributed by atoms with Crippen molar-refractivity contribution in [3.8, 4) is 0 Å². The van der Waals surface area contributed by atoms with Crippen LogP contribution >= 0.6 is 0 Å². The molecule has 0 aliphatic carbocycles. The average Bonchev–Trinajstić information content (AvgIpc) is 3.22. The molecule has 0 saturated carbocycles. The molecule has 0 amide bonds. The Labute approximate surface area is 164 Å². The van der Waals surface area contributed by atoms with Gasteiger partial charge in [0, 0.05) is 13.2 Å². The van der Waals surface area contributed by atoms with Crippen LogP contribution in [0.15, 0.2) is 60.7 Å². The molecule has 1 heterocycles. The second-order valence-electron chi connectivity index (χ2n) is 7.68. The Kier molecular flexibility index (Phi) is 7.65. The number of ether oxygens (including phenoxy) is 1. The van der Waals surface area contributed by atoms with Crippen LogP contribution in [-0.4, -0.2) is 34.5 Å². The lowest BCUT2D eigenvalue weighted by Gasteiger charge is -2.32. The lowest BCUT2D eigenvalue weighted by molar-refractivity contribution is 0.0534. The van der Waals surface area contributed by atoms with Gasteiger partial charge in [0.1, 0.15) is 0 Å². The Balaban J connectivity index is 1.87. The minimum atomic E-state index is -2.77. The monoisotopic (exact) mass is 384 g/mol. The second-order valence-corrected chi connectivity index (χ2v) is 10.6. The molecule has 0 aromatic heterocycles. The van der Waals surface area contributed by atoms with Gasteiger partial charge < -0.3 is 13.6 Å². The predicted molar refractivity (Wildman–Crippen MR) is 113 cm³/mol. The number of hydrogen-bond acceptors (Lipinski definition) is 3. The maximum atomic E-state index is 6.68. The molecule has 2 aromatic carbocycles. The van der Waals surface area contributed by atoms with Crippen LogP contribution < -0.4 is 10.4 Å². The molecule has 3 rings (SSSR count). The molecular weight excluding hydrogens is 352 g/mol. The van der Waals surface area contributed by atoms with E-state index in [2.05, 4.69) is 62.4 Å². The van der Waals surface area contributed by atoms with Crippen LogP contribution in [0.3, 0.4) is 0 Å². The summed E-state index contributed by atoms with van der Waals surface area (Å²) in [6.45, 7) is 6.68. The molecule has 0 radical (unpaired) electrons. The van der Waals surface area contributed by atoms with Gasteiger partial charge in [-0.05, 0) is 42.0 Å². The Bertz CT molecular complexity index is 614. The first-order valence-corrected chi connectivity index (χ1v) is 12.0. The largest absolute Gasteiger partial charge is 0.407 e. The van der Waals surface area contributed by atoms with Crippen molar-refractivity contribution in [3.63, 3.8) is 0 Å². The Hall–Kier alpha value is -1.46. The fraction of sp³-hybridized carbons (Fsp3) is 0.478. The number of hydrogen-bond donors (Lipinski definition) is 0. The zero-order chi connectivity index (χ0) is 19.0. The van der Waals surface area contributed by atoms with E-state index in [1.807, 2.05) is 12.1 Å². The summed E-state index contributed by atoms with van der Waals surface area (Å²) >= 11 is 0. The summed E-state index contributed by atoms with van der Waals surface area (Å²) in [5, 5.41) is 2.33. The first kappa shape index (κ1) is 20.3. The highest BCUT2D eigenvalue weighted by Gasteiger charge is 2.43. The van der Waals surface area contributed by atoms with Crippen molar-refractivity contribution in [3.05, 3.63) is 60.7 Å². The van der Waals surface area contributed by atoms with Gasteiger partial charge in [-0.25, -0.2) is 0 Å². The van der Waals surface area contributed by atoms with Gasteiger partial charge in [-0.1, -0.05) is 74.5 Å². The third kappa shape index (κ3) is 5.52. The molecule has 2 aromatic rings. The van der Waals surface area contributed by atoms with E-state index in [4.69, 9.17) is 13.6 Å². The van der Waals surface area contributed by atoms with Gasteiger partial charge in [0.15, 0.2) is 0 Å². The SMILES string of the molecule is CC(C)CCCO[Si](OCC1CCCO1)(c1ccccc1)c1ccccc1. The maximum Gasteiger partial charge on any atom is 0.407 e. The Morgan fingerprint density at radius 1 is 0.963 bits per heavy atom. The molecular formula is C23H32O3Si. The van der Waals surface area contributed by atoms with Gasteiger partial charge in [-0.15, -0.1) is 0 Å². The van der Waals surface area contributed by atoms with Crippen LogP contribution in [-0.2, 0) is 13.6 Å². The predicted octanol–water partition coefficient (Wildman–Crippen LogP) is 3.89. The topological polar surface area (TPSA) is 27.7 Å². The van der Waals surface area contributed by atoms with Crippen molar-refractivity contribution >= 4 is 18.9 Å². The molecule has 0 N–H and O–H groups in total. The van der Waals surface area contributed by atoms with E-state index in [9.17, 15) is 0 Å². The van der Waals surface area contributed by atoms with Gasteiger partial charge in [0.25, 0.3) is 0 Å². The van der Waals surface area contributed by atoms with E-state index in [0.717, 1.165) is 32.5 Å². The molecule has 0 spiro atoms. The minimum absolute atomic E-state index is 0.184. The third-order valence-corrected chi connectivity index (χ3v) is 8.41. The van der Waals surface area contributed by atoms with Crippen LogP contribution in [0.5, 0.6) is 0 Å². The van der Waals surface area contributed by atoms with Crippen molar-refractivity contribution in [2.24, 2.45) is 5.92 Å². The zero-order valence-corrected chi connectivity index (χ0v) is 17.6. The summed E-state index contributed by atoms with van der Waals surface area (Å²) in [7, 11) is -2.77. The van der Waals surface area contributed by atoms with Crippen molar-refractivity contribution in [1.82, 2.24) is 0 Å². The van der Waals surface area contributed by atoms with Gasteiger partial charge in [-0.3, -0.25) is 0 Å². The quantitative estimate of drug-likeness (QED) is 0.459. The van der Waals surface area contributed by atoms with Crippen molar-refractivity contribution < 1.29 is 13.6 Å². The first-order valence-electron chi connectivity index (χ1n) is 10.2. The molecule has 1 unspecified atom stereocenters. The summed E-state index contributed by atoms with van der Waals surface area (Å²) < 4.78 is 19.2. The molecule has 1 aliphatic heterocycles. The molecule has 27 heavy (non-hydrogen) atoms.